The molecule has 0 amide bonds. The topological polar surface area (TPSA) is 34.9 Å². The van der Waals surface area contributed by atoms with Crippen molar-refractivity contribution in [2.45, 2.75) is 39.2 Å². The van der Waals surface area contributed by atoms with Gasteiger partial charge in [-0.1, -0.05) is 6.08 Å². The van der Waals surface area contributed by atoms with E-state index >= 15 is 0 Å². The van der Waals surface area contributed by atoms with Crippen molar-refractivity contribution in [3.63, 3.8) is 0 Å². The Hall–Kier alpha value is -1.38. The van der Waals surface area contributed by atoms with Crippen LogP contribution in [-0.2, 0) is 17.8 Å². The molecule has 0 N–H and O–H groups in total. The minimum Gasteiger partial charge on any atom is -0.294 e. The lowest BCUT2D eigenvalue weighted by Crippen LogP contribution is -2.04. The number of carbonyl (C=O) groups excluding carboxylic acids is 1. The van der Waals surface area contributed by atoms with Crippen LogP contribution in [0.4, 0.5) is 0 Å². The molecule has 3 heteroatoms. The summed E-state index contributed by atoms with van der Waals surface area (Å²) in [6.07, 6.45) is 9.48. The Morgan fingerprint density at radius 2 is 2.47 bits per heavy atom. The Morgan fingerprint density at radius 1 is 1.60 bits per heavy atom. The van der Waals surface area contributed by atoms with Crippen LogP contribution in [0.1, 0.15) is 31.7 Å². The van der Waals surface area contributed by atoms with E-state index in [-0.39, 0.29) is 5.78 Å². The maximum absolute atomic E-state index is 11.8. The third kappa shape index (κ3) is 2.35. The van der Waals surface area contributed by atoms with Gasteiger partial charge in [0.1, 0.15) is 0 Å². The monoisotopic (exact) mass is 204 g/mol. The average molecular weight is 204 g/mol. The van der Waals surface area contributed by atoms with Gasteiger partial charge in [0.15, 0.2) is 5.78 Å². The van der Waals surface area contributed by atoms with Gasteiger partial charge in [0.2, 0.25) is 0 Å². The third-order valence-corrected chi connectivity index (χ3v) is 2.77. The first kappa shape index (κ1) is 10.1. The van der Waals surface area contributed by atoms with Crippen LogP contribution in [0.3, 0.4) is 0 Å². The molecular weight excluding hydrogens is 188 g/mol. The van der Waals surface area contributed by atoms with E-state index in [2.05, 4.69) is 11.2 Å². The van der Waals surface area contributed by atoms with Gasteiger partial charge in [0, 0.05) is 19.2 Å². The van der Waals surface area contributed by atoms with Crippen LogP contribution in [0.25, 0.3) is 0 Å². The van der Waals surface area contributed by atoms with Crippen molar-refractivity contribution in [3.8, 4) is 0 Å². The second-order valence-electron chi connectivity index (χ2n) is 3.93. The molecule has 0 radical (unpaired) electrons. The lowest BCUT2D eigenvalue weighted by atomic mass is 10.1. The number of carbonyl (C=O) groups is 1. The van der Waals surface area contributed by atoms with E-state index in [1.54, 1.807) is 6.20 Å². The van der Waals surface area contributed by atoms with Crippen LogP contribution in [0, 0.1) is 0 Å². The van der Waals surface area contributed by atoms with Crippen molar-refractivity contribution in [1.82, 2.24) is 9.78 Å². The Labute approximate surface area is 89.8 Å². The van der Waals surface area contributed by atoms with Gasteiger partial charge < -0.3 is 0 Å². The largest absolute Gasteiger partial charge is 0.294 e. The van der Waals surface area contributed by atoms with Crippen LogP contribution in [0.2, 0.25) is 0 Å². The molecule has 0 aromatic carbocycles. The van der Waals surface area contributed by atoms with Crippen molar-refractivity contribution < 1.29 is 4.79 Å². The second kappa shape index (κ2) is 4.43. The molecule has 0 unspecified atom stereocenters. The SMILES string of the molecule is CCn1cc(CC(=O)C2=CCCC2)cn1. The Morgan fingerprint density at radius 3 is 3.07 bits per heavy atom. The molecule has 0 saturated heterocycles. The smallest absolute Gasteiger partial charge is 0.163 e. The number of aromatic nitrogens is 2. The normalized spacial score (nSPS) is 15.4. The lowest BCUT2D eigenvalue weighted by Gasteiger charge is -1.98. The molecule has 0 saturated carbocycles. The molecule has 0 bridgehead atoms. The van der Waals surface area contributed by atoms with E-state index in [9.17, 15) is 4.79 Å². The van der Waals surface area contributed by atoms with E-state index in [0.717, 1.165) is 36.9 Å². The molecule has 15 heavy (non-hydrogen) atoms. The van der Waals surface area contributed by atoms with Crippen LogP contribution < -0.4 is 0 Å². The van der Waals surface area contributed by atoms with Crippen molar-refractivity contribution in [1.29, 1.82) is 0 Å². The summed E-state index contributed by atoms with van der Waals surface area (Å²) >= 11 is 0. The predicted octanol–water partition coefficient (Wildman–Crippen LogP) is 2.12. The number of hydrogen-bond acceptors (Lipinski definition) is 2. The summed E-state index contributed by atoms with van der Waals surface area (Å²) in [6.45, 7) is 2.90. The molecule has 1 aliphatic rings. The van der Waals surface area contributed by atoms with Gasteiger partial charge in [-0.3, -0.25) is 9.48 Å². The van der Waals surface area contributed by atoms with Gasteiger partial charge in [-0.15, -0.1) is 0 Å². The molecule has 2 rings (SSSR count). The Bertz CT molecular complexity index is 390. The molecule has 1 aromatic rings. The number of aryl methyl sites for hydroxylation is 1. The summed E-state index contributed by atoms with van der Waals surface area (Å²) in [4.78, 5) is 11.8. The van der Waals surface area contributed by atoms with Gasteiger partial charge in [-0.2, -0.15) is 5.10 Å². The number of Topliss-reactive ketones (excluding diaryl/α,β-unsaturated/α-hetero) is 1. The summed E-state index contributed by atoms with van der Waals surface area (Å²) in [6, 6.07) is 0. The fourth-order valence-electron chi connectivity index (χ4n) is 1.89. The van der Waals surface area contributed by atoms with Crippen molar-refractivity contribution in [2.75, 3.05) is 0 Å². The van der Waals surface area contributed by atoms with Gasteiger partial charge >= 0.3 is 0 Å². The summed E-state index contributed by atoms with van der Waals surface area (Å²) in [7, 11) is 0. The predicted molar refractivity (Wildman–Crippen MR) is 58.5 cm³/mol. The Balaban J connectivity index is 1.99. The first-order valence-corrected chi connectivity index (χ1v) is 5.53. The number of ketones is 1. The number of allylic oxidation sites excluding steroid dienone is 2. The molecule has 0 atom stereocenters. The van der Waals surface area contributed by atoms with Crippen molar-refractivity contribution in [3.05, 3.63) is 29.6 Å². The summed E-state index contributed by atoms with van der Waals surface area (Å²) in [5.41, 5.74) is 2.04. The highest BCUT2D eigenvalue weighted by atomic mass is 16.1. The average Bonchev–Trinajstić information content (AvgIpc) is 2.87. The van der Waals surface area contributed by atoms with Gasteiger partial charge in [0.25, 0.3) is 0 Å². The molecular formula is C12H16N2O. The molecule has 3 nitrogen and oxygen atoms in total. The van der Waals surface area contributed by atoms with E-state index in [0.29, 0.717) is 6.42 Å². The number of rotatable bonds is 4. The van der Waals surface area contributed by atoms with Crippen LogP contribution in [0.15, 0.2) is 24.0 Å². The highest BCUT2D eigenvalue weighted by molar-refractivity contribution is 5.97. The zero-order valence-corrected chi connectivity index (χ0v) is 9.07. The van der Waals surface area contributed by atoms with Crippen molar-refractivity contribution >= 4 is 5.78 Å². The molecule has 80 valence electrons. The third-order valence-electron chi connectivity index (χ3n) is 2.77. The number of hydrogen-bond donors (Lipinski definition) is 0. The lowest BCUT2D eigenvalue weighted by molar-refractivity contribution is -0.115. The zero-order valence-electron chi connectivity index (χ0n) is 9.07. The van der Waals surface area contributed by atoms with E-state index in [1.807, 2.05) is 17.8 Å². The van der Waals surface area contributed by atoms with Crippen LogP contribution in [0.5, 0.6) is 0 Å². The molecule has 1 heterocycles. The van der Waals surface area contributed by atoms with Gasteiger partial charge in [-0.05, 0) is 37.3 Å². The minimum atomic E-state index is 0.267. The molecule has 1 aliphatic carbocycles. The van der Waals surface area contributed by atoms with Gasteiger partial charge in [-0.25, -0.2) is 0 Å². The van der Waals surface area contributed by atoms with E-state index in [4.69, 9.17) is 0 Å². The highest BCUT2D eigenvalue weighted by Gasteiger charge is 2.14. The summed E-state index contributed by atoms with van der Waals surface area (Å²) in [5.74, 6) is 0.267. The highest BCUT2D eigenvalue weighted by Crippen LogP contribution is 2.19. The van der Waals surface area contributed by atoms with E-state index in [1.165, 1.54) is 0 Å². The minimum absolute atomic E-state index is 0.267. The molecule has 0 fully saturated rings. The fraction of sp³-hybridized carbons (Fsp3) is 0.500. The van der Waals surface area contributed by atoms with Crippen molar-refractivity contribution in [2.24, 2.45) is 0 Å². The maximum atomic E-state index is 11.8. The second-order valence-corrected chi connectivity index (χ2v) is 3.93. The first-order chi connectivity index (χ1) is 7.29. The molecule has 1 aromatic heterocycles. The fourth-order valence-corrected chi connectivity index (χ4v) is 1.89. The standard InChI is InChI=1S/C12H16N2O/c1-2-14-9-10(8-13-14)7-12(15)11-5-3-4-6-11/h5,8-9H,2-4,6-7H2,1H3. The quantitative estimate of drug-likeness (QED) is 0.753. The number of nitrogens with zero attached hydrogens (tertiary/aromatic N) is 2. The summed E-state index contributed by atoms with van der Waals surface area (Å²) in [5, 5.41) is 4.16. The molecule has 0 aliphatic heterocycles. The van der Waals surface area contributed by atoms with Crippen LogP contribution >= 0.6 is 0 Å². The summed E-state index contributed by atoms with van der Waals surface area (Å²) < 4.78 is 1.85. The first-order valence-electron chi connectivity index (χ1n) is 5.53. The zero-order chi connectivity index (χ0) is 10.7. The van der Waals surface area contributed by atoms with E-state index < -0.39 is 0 Å². The Kier molecular flexibility index (Phi) is 2.99. The van der Waals surface area contributed by atoms with Gasteiger partial charge in [0.05, 0.1) is 6.20 Å². The van der Waals surface area contributed by atoms with Crippen LogP contribution in [-0.4, -0.2) is 15.6 Å². The maximum Gasteiger partial charge on any atom is 0.163 e. The molecule has 0 spiro atoms.